The van der Waals surface area contributed by atoms with Crippen LogP contribution < -0.4 is 5.73 Å². The maximum atomic E-state index is 11.6. The molecule has 144 valence electrons. The van der Waals surface area contributed by atoms with Crippen LogP contribution in [0, 0.1) is 0 Å². The zero-order chi connectivity index (χ0) is 20.1. The number of carbonyl (C=O) groups excluding carboxylic acids is 1. The molecule has 0 spiro atoms. The molecule has 0 radical (unpaired) electrons. The van der Waals surface area contributed by atoms with Crippen molar-refractivity contribution in [2.75, 3.05) is 0 Å². The summed E-state index contributed by atoms with van der Waals surface area (Å²) in [6.45, 7) is 3.52. The molecule has 0 saturated heterocycles. The number of primary amides is 1. The van der Waals surface area contributed by atoms with Gasteiger partial charge in [0, 0.05) is 16.5 Å². The minimum absolute atomic E-state index is 0.00288. The third kappa shape index (κ3) is 3.34. The van der Waals surface area contributed by atoms with Gasteiger partial charge in [-0.15, -0.1) is 23.1 Å². The molecule has 1 amide bonds. The first-order chi connectivity index (χ1) is 13.2. The van der Waals surface area contributed by atoms with Crippen LogP contribution >= 0.6 is 34.7 Å². The van der Waals surface area contributed by atoms with Crippen LogP contribution in [0.5, 0.6) is 5.88 Å². The fourth-order valence-corrected chi connectivity index (χ4v) is 4.53. The largest absolute Gasteiger partial charge is 0.493 e. The van der Waals surface area contributed by atoms with E-state index in [0.29, 0.717) is 22.0 Å². The average Bonchev–Trinajstić information content (AvgIpc) is 3.34. The highest BCUT2D eigenvalue weighted by molar-refractivity contribution is 8.01. The van der Waals surface area contributed by atoms with Gasteiger partial charge in [-0.1, -0.05) is 11.6 Å². The lowest BCUT2D eigenvalue weighted by Crippen LogP contribution is -2.34. The van der Waals surface area contributed by atoms with E-state index in [4.69, 9.17) is 17.3 Å². The van der Waals surface area contributed by atoms with Crippen LogP contribution in [0.15, 0.2) is 34.8 Å². The second-order valence-electron chi connectivity index (χ2n) is 6.51. The normalized spacial score (nSPS) is 12.0. The van der Waals surface area contributed by atoms with Gasteiger partial charge in [-0.05, 0) is 26.0 Å². The molecule has 4 aromatic rings. The average molecular weight is 435 g/mol. The fraction of sp³-hybridized carbons (Fsp3) is 0.176. The van der Waals surface area contributed by atoms with Crippen molar-refractivity contribution in [3.8, 4) is 22.3 Å². The van der Waals surface area contributed by atoms with E-state index in [2.05, 4.69) is 20.1 Å². The Kier molecular flexibility index (Phi) is 4.56. The van der Waals surface area contributed by atoms with E-state index in [0.717, 1.165) is 15.5 Å². The molecule has 0 fully saturated rings. The molecule has 8 nitrogen and oxygen atoms in total. The zero-order valence-corrected chi connectivity index (χ0v) is 17.2. The third-order valence-electron chi connectivity index (χ3n) is 4.04. The number of aromatic nitrogens is 5. The van der Waals surface area contributed by atoms with Gasteiger partial charge >= 0.3 is 0 Å². The van der Waals surface area contributed by atoms with Gasteiger partial charge in [0.25, 0.3) is 0 Å². The summed E-state index contributed by atoms with van der Waals surface area (Å²) in [6.07, 6.45) is 3.02. The number of hydrogen-bond donors (Lipinski definition) is 3. The summed E-state index contributed by atoms with van der Waals surface area (Å²) >= 11 is 9.11. The Morgan fingerprint density at radius 1 is 1.36 bits per heavy atom. The van der Waals surface area contributed by atoms with Crippen LogP contribution in [0.4, 0.5) is 0 Å². The van der Waals surface area contributed by atoms with E-state index in [9.17, 15) is 9.90 Å². The van der Waals surface area contributed by atoms with Crippen LogP contribution in [0.2, 0.25) is 5.15 Å². The number of nitrogens with zero attached hydrogens (tertiary/aromatic N) is 4. The summed E-state index contributed by atoms with van der Waals surface area (Å²) < 4.78 is 0.878. The number of thioether (sulfide) groups is 1. The lowest BCUT2D eigenvalue weighted by Gasteiger charge is -2.19. The molecule has 4 heterocycles. The number of hydrogen-bond acceptors (Lipinski definition) is 7. The molecule has 11 heteroatoms. The predicted molar refractivity (Wildman–Crippen MR) is 110 cm³/mol. The Hall–Kier alpha value is -2.56. The van der Waals surface area contributed by atoms with Gasteiger partial charge in [0.2, 0.25) is 11.8 Å². The van der Waals surface area contributed by atoms with Crippen molar-refractivity contribution in [1.29, 1.82) is 0 Å². The van der Waals surface area contributed by atoms with Crippen molar-refractivity contribution < 1.29 is 9.90 Å². The molecule has 4 N–H and O–H groups in total. The van der Waals surface area contributed by atoms with Gasteiger partial charge in [-0.2, -0.15) is 5.10 Å². The van der Waals surface area contributed by atoms with Crippen molar-refractivity contribution in [3.63, 3.8) is 0 Å². The van der Waals surface area contributed by atoms with Crippen LogP contribution in [-0.2, 0) is 4.79 Å². The topological polar surface area (TPSA) is 123 Å². The van der Waals surface area contributed by atoms with E-state index < -0.39 is 10.7 Å². The third-order valence-corrected chi connectivity index (χ3v) is 6.42. The van der Waals surface area contributed by atoms with Gasteiger partial charge in [0.1, 0.15) is 5.82 Å². The van der Waals surface area contributed by atoms with E-state index in [1.165, 1.54) is 29.3 Å². The number of nitrogens with two attached hydrogens (primary N) is 1. The summed E-state index contributed by atoms with van der Waals surface area (Å²) in [5.74, 6) is 0.161. The van der Waals surface area contributed by atoms with Crippen molar-refractivity contribution in [2.24, 2.45) is 5.73 Å². The van der Waals surface area contributed by atoms with E-state index in [1.807, 2.05) is 17.5 Å². The first-order valence-corrected chi connectivity index (χ1v) is 10.2. The summed E-state index contributed by atoms with van der Waals surface area (Å²) in [5, 5.41) is 16.7. The smallest absolute Gasteiger partial charge is 0.233 e. The monoisotopic (exact) mass is 434 g/mol. The summed E-state index contributed by atoms with van der Waals surface area (Å²) in [4.78, 5) is 24.6. The molecule has 4 rings (SSSR count). The Morgan fingerprint density at radius 3 is 2.82 bits per heavy atom. The number of aromatic amines is 1. The number of thiophene rings is 1. The fourth-order valence-electron chi connectivity index (χ4n) is 2.53. The van der Waals surface area contributed by atoms with E-state index >= 15 is 0 Å². The van der Waals surface area contributed by atoms with Crippen LogP contribution in [0.25, 0.3) is 27.4 Å². The molecular formula is C17H15ClN6O2S2. The minimum Gasteiger partial charge on any atom is -0.493 e. The predicted octanol–water partition coefficient (Wildman–Crippen LogP) is 3.59. The molecule has 4 aromatic heterocycles. The van der Waals surface area contributed by atoms with Crippen molar-refractivity contribution in [1.82, 2.24) is 24.7 Å². The number of H-pyrrole nitrogens is 1. The van der Waals surface area contributed by atoms with Gasteiger partial charge in [0.05, 0.1) is 26.9 Å². The number of carbonyl (C=O) groups is 1. The van der Waals surface area contributed by atoms with Crippen molar-refractivity contribution in [3.05, 3.63) is 35.1 Å². The Balaban J connectivity index is 1.72. The number of rotatable bonds is 5. The Bertz CT molecular complexity index is 1200. The molecule has 0 aliphatic carbocycles. The summed E-state index contributed by atoms with van der Waals surface area (Å²) in [7, 11) is 0. The molecule has 0 aliphatic rings. The lowest BCUT2D eigenvalue weighted by atomic mass is 10.2. The molecule has 0 saturated carbocycles. The highest BCUT2D eigenvalue weighted by atomic mass is 35.5. The van der Waals surface area contributed by atoms with E-state index in [-0.39, 0.29) is 5.88 Å². The van der Waals surface area contributed by atoms with E-state index in [1.54, 1.807) is 24.7 Å². The molecule has 0 bridgehead atoms. The standard InChI is InChI=1S/C17H15ClN6O2S2/c1-17(2,16(19)26)28-9-4-10-13(18)23-24(15(10)21-5-9)8-3-11(27-7-8)14-20-6-12(25)22-14/h3-7,25H,1-2H3,(H2,19,26)(H,20,22). The number of halogens is 1. The summed E-state index contributed by atoms with van der Waals surface area (Å²) in [6, 6.07) is 3.73. The molecule has 0 unspecified atom stereocenters. The Labute approximate surface area is 172 Å². The van der Waals surface area contributed by atoms with Crippen molar-refractivity contribution in [2.45, 2.75) is 23.5 Å². The van der Waals surface area contributed by atoms with Crippen LogP contribution in [-0.4, -0.2) is 40.5 Å². The van der Waals surface area contributed by atoms with Gasteiger partial charge in [-0.3, -0.25) is 4.79 Å². The number of imidazole rings is 1. The minimum atomic E-state index is -0.769. The number of amides is 1. The van der Waals surface area contributed by atoms with Gasteiger partial charge in [-0.25, -0.2) is 14.6 Å². The second-order valence-corrected chi connectivity index (χ2v) is 9.47. The molecular weight excluding hydrogens is 420 g/mol. The molecule has 0 aromatic carbocycles. The molecule has 0 aliphatic heterocycles. The Morgan fingerprint density at radius 2 is 2.14 bits per heavy atom. The SMILES string of the molecule is CC(C)(Sc1cnc2c(c1)c(Cl)nn2-c1csc(-c2ncc(O)[nH]2)c1)C(N)=O. The highest BCUT2D eigenvalue weighted by Crippen LogP contribution is 2.36. The second kappa shape index (κ2) is 6.80. The number of nitrogens with one attached hydrogen (secondary N) is 1. The molecule has 28 heavy (non-hydrogen) atoms. The quantitative estimate of drug-likeness (QED) is 0.412. The number of pyridine rings is 1. The van der Waals surface area contributed by atoms with Gasteiger partial charge in [0.15, 0.2) is 10.8 Å². The van der Waals surface area contributed by atoms with Crippen LogP contribution in [0.3, 0.4) is 0 Å². The van der Waals surface area contributed by atoms with Gasteiger partial charge < -0.3 is 15.8 Å². The maximum Gasteiger partial charge on any atom is 0.233 e. The first kappa shape index (κ1) is 18.8. The van der Waals surface area contributed by atoms with Crippen molar-refractivity contribution >= 4 is 51.6 Å². The summed E-state index contributed by atoms with van der Waals surface area (Å²) in [5.41, 5.74) is 6.82. The number of fused-ring (bicyclic) bond motifs is 1. The van der Waals surface area contributed by atoms with Crippen LogP contribution in [0.1, 0.15) is 13.8 Å². The molecule has 0 atom stereocenters. The highest BCUT2D eigenvalue weighted by Gasteiger charge is 2.27. The zero-order valence-electron chi connectivity index (χ0n) is 14.8. The maximum absolute atomic E-state index is 11.6. The first-order valence-electron chi connectivity index (χ1n) is 8.11. The lowest BCUT2D eigenvalue weighted by molar-refractivity contribution is -0.119. The number of aromatic hydroxyl groups is 1.